The molecule has 4 nitrogen and oxygen atoms in total. The minimum atomic E-state index is -0.170. The summed E-state index contributed by atoms with van der Waals surface area (Å²) in [4.78, 5) is 23.9. The molecular formula is C16H19NO3. The summed E-state index contributed by atoms with van der Waals surface area (Å²) in [6.45, 7) is 0.0446. The molecule has 0 radical (unpaired) electrons. The first kappa shape index (κ1) is 13.2. The normalized spacial score (nSPS) is 19.5. The van der Waals surface area contributed by atoms with Crippen LogP contribution in [-0.2, 0) is 4.79 Å². The van der Waals surface area contributed by atoms with E-state index in [0.29, 0.717) is 17.0 Å². The number of amides is 1. The van der Waals surface area contributed by atoms with E-state index in [0.717, 1.165) is 25.7 Å². The van der Waals surface area contributed by atoms with Gasteiger partial charge in [-0.15, -0.1) is 0 Å². The van der Waals surface area contributed by atoms with Crippen LogP contribution in [0.2, 0.25) is 0 Å². The van der Waals surface area contributed by atoms with Gasteiger partial charge in [0.2, 0.25) is 0 Å². The number of benzene rings is 1. The molecule has 1 aromatic carbocycles. The highest BCUT2D eigenvalue weighted by molar-refractivity contribution is 6.01. The van der Waals surface area contributed by atoms with Crippen LogP contribution in [0.1, 0.15) is 48.9 Å². The van der Waals surface area contributed by atoms with E-state index in [1.807, 2.05) is 6.07 Å². The molecule has 0 aromatic heterocycles. The number of hydrogen-bond donors (Lipinski definition) is 1. The predicted molar refractivity (Wildman–Crippen MR) is 76.1 cm³/mol. The molecule has 106 valence electrons. The van der Waals surface area contributed by atoms with Gasteiger partial charge in [-0.05, 0) is 31.0 Å². The van der Waals surface area contributed by atoms with Gasteiger partial charge < -0.3 is 10.1 Å². The smallest absolute Gasteiger partial charge is 0.262 e. The summed E-state index contributed by atoms with van der Waals surface area (Å²) in [5.74, 6) is 0.809. The lowest BCUT2D eigenvalue weighted by molar-refractivity contribution is -0.118. The summed E-state index contributed by atoms with van der Waals surface area (Å²) in [6, 6.07) is 5.34. The molecule has 1 saturated carbocycles. The Morgan fingerprint density at radius 2 is 1.90 bits per heavy atom. The third-order valence-electron chi connectivity index (χ3n) is 4.12. The third kappa shape index (κ3) is 2.69. The van der Waals surface area contributed by atoms with Gasteiger partial charge >= 0.3 is 0 Å². The summed E-state index contributed by atoms with van der Waals surface area (Å²) < 4.78 is 5.31. The molecule has 1 amide bonds. The van der Waals surface area contributed by atoms with Crippen LogP contribution >= 0.6 is 0 Å². The van der Waals surface area contributed by atoms with Gasteiger partial charge in [-0.1, -0.05) is 25.7 Å². The number of Topliss-reactive ketones (excluding diaryl/α,β-unsaturated/α-hetero) is 1. The second-order valence-electron chi connectivity index (χ2n) is 5.60. The fraction of sp³-hybridized carbons (Fsp3) is 0.500. The zero-order valence-electron chi connectivity index (χ0n) is 11.5. The molecule has 1 aliphatic carbocycles. The highest BCUT2D eigenvalue weighted by atomic mass is 16.5. The molecule has 1 N–H and O–H groups in total. The van der Waals surface area contributed by atoms with Crippen LogP contribution in [0.3, 0.4) is 0 Å². The monoisotopic (exact) mass is 273 g/mol. The average Bonchev–Trinajstić information content (AvgIpc) is 2.74. The Bertz CT molecular complexity index is 531. The summed E-state index contributed by atoms with van der Waals surface area (Å²) >= 11 is 0. The van der Waals surface area contributed by atoms with Gasteiger partial charge in [-0.25, -0.2) is 0 Å². The molecule has 1 aromatic rings. The van der Waals surface area contributed by atoms with E-state index in [1.165, 1.54) is 12.8 Å². The third-order valence-corrected chi connectivity index (χ3v) is 4.12. The van der Waals surface area contributed by atoms with Crippen molar-refractivity contribution in [2.24, 2.45) is 5.92 Å². The lowest BCUT2D eigenvalue weighted by atomic mass is 9.91. The lowest BCUT2D eigenvalue weighted by Gasteiger charge is -2.19. The predicted octanol–water partition coefficient (Wildman–Crippen LogP) is 3.17. The summed E-state index contributed by atoms with van der Waals surface area (Å²) in [7, 11) is 0. The molecule has 0 spiro atoms. The van der Waals surface area contributed by atoms with Crippen molar-refractivity contribution < 1.29 is 14.3 Å². The number of nitrogens with one attached hydrogen (secondary N) is 1. The Morgan fingerprint density at radius 1 is 1.15 bits per heavy atom. The molecular weight excluding hydrogens is 254 g/mol. The molecule has 1 fully saturated rings. The summed E-state index contributed by atoms with van der Waals surface area (Å²) in [5.41, 5.74) is 1.29. The molecule has 20 heavy (non-hydrogen) atoms. The highest BCUT2D eigenvalue weighted by Crippen LogP contribution is 2.31. The van der Waals surface area contributed by atoms with Crippen LogP contribution in [0.25, 0.3) is 0 Å². The SMILES string of the molecule is O=C1COc2ccc(C(=O)C3CCCCCC3)cc2N1. The van der Waals surface area contributed by atoms with E-state index >= 15 is 0 Å². The van der Waals surface area contributed by atoms with E-state index in [-0.39, 0.29) is 24.2 Å². The quantitative estimate of drug-likeness (QED) is 0.665. The zero-order chi connectivity index (χ0) is 13.9. The molecule has 1 heterocycles. The highest BCUT2D eigenvalue weighted by Gasteiger charge is 2.23. The Labute approximate surface area is 118 Å². The Kier molecular flexibility index (Phi) is 3.72. The minimum Gasteiger partial charge on any atom is -0.482 e. The first-order valence-corrected chi connectivity index (χ1v) is 7.35. The van der Waals surface area contributed by atoms with Crippen molar-refractivity contribution in [1.82, 2.24) is 0 Å². The topological polar surface area (TPSA) is 55.4 Å². The van der Waals surface area contributed by atoms with Crippen molar-refractivity contribution >= 4 is 17.4 Å². The van der Waals surface area contributed by atoms with E-state index < -0.39 is 0 Å². The summed E-state index contributed by atoms with van der Waals surface area (Å²) in [6.07, 6.45) is 6.72. The second kappa shape index (κ2) is 5.65. The van der Waals surface area contributed by atoms with Crippen molar-refractivity contribution in [3.05, 3.63) is 23.8 Å². The number of fused-ring (bicyclic) bond motifs is 1. The molecule has 2 aliphatic rings. The average molecular weight is 273 g/mol. The number of anilines is 1. The molecule has 0 bridgehead atoms. The van der Waals surface area contributed by atoms with E-state index in [9.17, 15) is 9.59 Å². The number of carbonyl (C=O) groups is 2. The van der Waals surface area contributed by atoms with E-state index in [4.69, 9.17) is 4.74 Å². The largest absolute Gasteiger partial charge is 0.482 e. The van der Waals surface area contributed by atoms with E-state index in [2.05, 4.69) is 5.32 Å². The maximum atomic E-state index is 12.6. The van der Waals surface area contributed by atoms with Gasteiger partial charge in [0.25, 0.3) is 5.91 Å². The Morgan fingerprint density at radius 3 is 2.65 bits per heavy atom. The Balaban J connectivity index is 1.81. The lowest BCUT2D eigenvalue weighted by Crippen LogP contribution is -2.25. The number of carbonyl (C=O) groups excluding carboxylic acids is 2. The maximum Gasteiger partial charge on any atom is 0.262 e. The molecule has 3 rings (SSSR count). The van der Waals surface area contributed by atoms with Crippen LogP contribution in [0, 0.1) is 5.92 Å². The van der Waals surface area contributed by atoms with Gasteiger partial charge in [0.1, 0.15) is 5.75 Å². The van der Waals surface area contributed by atoms with E-state index in [1.54, 1.807) is 12.1 Å². The minimum absolute atomic E-state index is 0.0446. The van der Waals surface area contributed by atoms with Crippen molar-refractivity contribution in [1.29, 1.82) is 0 Å². The van der Waals surface area contributed by atoms with Crippen LogP contribution in [0.5, 0.6) is 5.75 Å². The fourth-order valence-electron chi connectivity index (χ4n) is 3.01. The number of ketones is 1. The van der Waals surface area contributed by atoms with Gasteiger partial charge in [0.15, 0.2) is 12.4 Å². The van der Waals surface area contributed by atoms with Crippen molar-refractivity contribution in [2.45, 2.75) is 38.5 Å². The number of ether oxygens (including phenoxy) is 1. The fourth-order valence-corrected chi connectivity index (χ4v) is 3.01. The van der Waals surface area contributed by atoms with Crippen LogP contribution in [0.4, 0.5) is 5.69 Å². The van der Waals surface area contributed by atoms with Crippen LogP contribution in [0.15, 0.2) is 18.2 Å². The van der Waals surface area contributed by atoms with Gasteiger partial charge in [0.05, 0.1) is 5.69 Å². The van der Waals surface area contributed by atoms with Crippen molar-refractivity contribution in [3.8, 4) is 5.75 Å². The molecule has 1 aliphatic heterocycles. The number of rotatable bonds is 2. The van der Waals surface area contributed by atoms with Crippen molar-refractivity contribution in [2.75, 3.05) is 11.9 Å². The number of hydrogen-bond acceptors (Lipinski definition) is 3. The zero-order valence-corrected chi connectivity index (χ0v) is 11.5. The maximum absolute atomic E-state index is 12.6. The summed E-state index contributed by atoms with van der Waals surface area (Å²) in [5, 5.41) is 2.75. The Hall–Kier alpha value is -1.84. The van der Waals surface area contributed by atoms with Crippen molar-refractivity contribution in [3.63, 3.8) is 0 Å². The van der Waals surface area contributed by atoms with Gasteiger partial charge in [-0.2, -0.15) is 0 Å². The molecule has 0 atom stereocenters. The first-order chi connectivity index (χ1) is 9.74. The van der Waals surface area contributed by atoms with Gasteiger partial charge in [-0.3, -0.25) is 9.59 Å². The van der Waals surface area contributed by atoms with Crippen LogP contribution < -0.4 is 10.1 Å². The second-order valence-corrected chi connectivity index (χ2v) is 5.60. The first-order valence-electron chi connectivity index (χ1n) is 7.35. The molecule has 0 saturated heterocycles. The van der Waals surface area contributed by atoms with Crippen LogP contribution in [-0.4, -0.2) is 18.3 Å². The van der Waals surface area contributed by atoms with Gasteiger partial charge in [0, 0.05) is 11.5 Å². The molecule has 4 heteroatoms. The molecule has 0 unspecified atom stereocenters. The standard InChI is InChI=1S/C16H19NO3/c18-15-10-20-14-8-7-12(9-13(14)17-15)16(19)11-5-3-1-2-4-6-11/h7-9,11H,1-6,10H2,(H,17,18).